The number of carboxylic acid groups (broad SMARTS) is 1. The first-order valence-corrected chi connectivity index (χ1v) is 5.91. The summed E-state index contributed by atoms with van der Waals surface area (Å²) < 4.78 is 0.301. The van der Waals surface area contributed by atoms with Gasteiger partial charge in [-0.15, -0.1) is 0 Å². The van der Waals surface area contributed by atoms with Gasteiger partial charge in [-0.05, 0) is 6.42 Å². The van der Waals surface area contributed by atoms with Gasteiger partial charge in [0.25, 0.3) is 0 Å². The molecule has 0 spiro atoms. The van der Waals surface area contributed by atoms with E-state index in [1.54, 1.807) is 14.1 Å². The lowest BCUT2D eigenvalue weighted by molar-refractivity contribution is -0.883. The molecule has 5 nitrogen and oxygen atoms in total. The number of quaternary nitrogens is 1. The Morgan fingerprint density at radius 3 is 2.24 bits per heavy atom. The van der Waals surface area contributed by atoms with Gasteiger partial charge in [0.05, 0.1) is 33.2 Å². The highest BCUT2D eigenvalue weighted by Crippen LogP contribution is 2.19. The van der Waals surface area contributed by atoms with E-state index in [1.165, 1.54) is 0 Å². The summed E-state index contributed by atoms with van der Waals surface area (Å²) in [6.07, 6.45) is 0.774. The molecular weight excluding hydrogens is 220 g/mol. The summed E-state index contributed by atoms with van der Waals surface area (Å²) in [5.41, 5.74) is -0.370. The lowest BCUT2D eigenvalue weighted by atomic mass is 9.89. The molecule has 100 valence electrons. The Bertz CT molecular complexity index is 285. The van der Waals surface area contributed by atoms with E-state index in [-0.39, 0.29) is 17.9 Å². The zero-order valence-corrected chi connectivity index (χ0v) is 11.5. The van der Waals surface area contributed by atoms with Crippen LogP contribution in [0.15, 0.2) is 0 Å². The van der Waals surface area contributed by atoms with Crippen molar-refractivity contribution in [1.29, 1.82) is 0 Å². The molecule has 0 heterocycles. The van der Waals surface area contributed by atoms with Gasteiger partial charge in [0, 0.05) is 5.41 Å². The monoisotopic (exact) mass is 244 g/mol. The average molecular weight is 244 g/mol. The van der Waals surface area contributed by atoms with E-state index in [0.29, 0.717) is 17.6 Å². The minimum Gasteiger partial charge on any atom is -0.544 e. The zero-order chi connectivity index (χ0) is 13.7. The van der Waals surface area contributed by atoms with Crippen molar-refractivity contribution in [3.8, 4) is 0 Å². The molecule has 0 saturated heterocycles. The largest absolute Gasteiger partial charge is 0.544 e. The van der Waals surface area contributed by atoms with Crippen LogP contribution in [-0.2, 0) is 9.59 Å². The minimum atomic E-state index is -1.07. The summed E-state index contributed by atoms with van der Waals surface area (Å²) in [7, 11) is 3.60. The molecule has 0 aliphatic carbocycles. The van der Waals surface area contributed by atoms with Gasteiger partial charge in [-0.25, -0.2) is 0 Å². The van der Waals surface area contributed by atoms with Crippen LogP contribution in [0.1, 0.15) is 27.2 Å². The number of aliphatic carboxylic acids is 1. The van der Waals surface area contributed by atoms with E-state index >= 15 is 0 Å². The highest BCUT2D eigenvalue weighted by Gasteiger charge is 2.25. The van der Waals surface area contributed by atoms with Crippen LogP contribution in [0.4, 0.5) is 0 Å². The first-order chi connectivity index (χ1) is 7.60. The highest BCUT2D eigenvalue weighted by atomic mass is 16.4. The predicted octanol–water partition coefficient (Wildman–Crippen LogP) is -0.635. The smallest absolute Gasteiger partial charge is 0.225 e. The molecular formula is C12H24N2O3. The molecule has 17 heavy (non-hydrogen) atoms. The Kier molecular flexibility index (Phi) is 5.61. The first-order valence-electron chi connectivity index (χ1n) is 5.91. The van der Waals surface area contributed by atoms with Crippen molar-refractivity contribution in [2.75, 3.05) is 33.7 Å². The molecule has 0 bridgehead atoms. The van der Waals surface area contributed by atoms with Crippen molar-refractivity contribution in [3.63, 3.8) is 0 Å². The number of hydrogen-bond acceptors (Lipinski definition) is 3. The van der Waals surface area contributed by atoms with Crippen LogP contribution >= 0.6 is 0 Å². The molecule has 0 atom stereocenters. The lowest BCUT2D eigenvalue weighted by Gasteiger charge is -2.30. The number of nitrogens with zero attached hydrogens (tertiary/aromatic N) is 1. The third kappa shape index (κ3) is 6.26. The van der Waals surface area contributed by atoms with Crippen molar-refractivity contribution < 1.29 is 19.2 Å². The summed E-state index contributed by atoms with van der Waals surface area (Å²) >= 11 is 0. The summed E-state index contributed by atoms with van der Waals surface area (Å²) in [6, 6.07) is 0. The van der Waals surface area contributed by atoms with Crippen molar-refractivity contribution >= 4 is 11.9 Å². The fraction of sp³-hybridized carbons (Fsp3) is 0.833. The fourth-order valence-electron chi connectivity index (χ4n) is 1.30. The molecule has 0 radical (unpaired) electrons. The van der Waals surface area contributed by atoms with Gasteiger partial charge in [-0.2, -0.15) is 0 Å². The van der Waals surface area contributed by atoms with E-state index in [9.17, 15) is 14.7 Å². The summed E-state index contributed by atoms with van der Waals surface area (Å²) in [6.45, 7) is 6.75. The van der Waals surface area contributed by atoms with Crippen LogP contribution < -0.4 is 10.4 Å². The second kappa shape index (κ2) is 6.00. The number of carbonyl (C=O) groups is 2. The van der Waals surface area contributed by atoms with Gasteiger partial charge >= 0.3 is 0 Å². The number of likely N-dealkylation sites (N-methyl/N-ethyl adjacent to an activating group) is 1. The molecule has 0 fully saturated rings. The number of nitrogens with one attached hydrogen (secondary N) is 1. The Hall–Kier alpha value is -1.10. The molecule has 1 amide bonds. The van der Waals surface area contributed by atoms with Crippen molar-refractivity contribution in [2.24, 2.45) is 5.41 Å². The normalized spacial score (nSPS) is 12.3. The maximum absolute atomic E-state index is 11.8. The second-order valence-corrected chi connectivity index (χ2v) is 5.68. The van der Waals surface area contributed by atoms with Gasteiger partial charge < -0.3 is 19.7 Å². The van der Waals surface area contributed by atoms with Crippen LogP contribution in [-0.4, -0.2) is 50.1 Å². The summed E-state index contributed by atoms with van der Waals surface area (Å²) in [5.74, 6) is -1.07. The van der Waals surface area contributed by atoms with Crippen molar-refractivity contribution in [3.05, 3.63) is 0 Å². The molecule has 0 aromatic heterocycles. The van der Waals surface area contributed by atoms with Crippen LogP contribution in [0.5, 0.6) is 0 Å². The van der Waals surface area contributed by atoms with Gasteiger partial charge in [0.1, 0.15) is 6.54 Å². The Labute approximate surface area is 103 Å². The van der Waals surface area contributed by atoms with Gasteiger partial charge in [0.2, 0.25) is 5.91 Å². The Balaban J connectivity index is 4.07. The zero-order valence-electron chi connectivity index (χ0n) is 11.5. The Morgan fingerprint density at radius 1 is 1.29 bits per heavy atom. The number of carbonyl (C=O) groups excluding carboxylic acids is 2. The van der Waals surface area contributed by atoms with Crippen LogP contribution in [0, 0.1) is 5.41 Å². The van der Waals surface area contributed by atoms with E-state index in [1.807, 2.05) is 20.8 Å². The maximum Gasteiger partial charge on any atom is 0.225 e. The summed E-state index contributed by atoms with van der Waals surface area (Å²) in [5, 5.41) is 13.3. The maximum atomic E-state index is 11.8. The SMILES string of the molecule is CCC(C)(C)C(=O)NCC[N+](C)(C)CC(=O)[O-]. The second-order valence-electron chi connectivity index (χ2n) is 5.68. The number of carboxylic acids is 1. The molecule has 0 aromatic rings. The fourth-order valence-corrected chi connectivity index (χ4v) is 1.30. The quantitative estimate of drug-likeness (QED) is 0.606. The standard InChI is InChI=1S/C12H24N2O3/c1-6-12(2,3)11(17)13-7-8-14(4,5)9-10(15)16/h6-9H2,1-5H3,(H-,13,15,16,17). The van der Waals surface area contributed by atoms with Crippen LogP contribution in [0.2, 0.25) is 0 Å². The van der Waals surface area contributed by atoms with E-state index in [0.717, 1.165) is 6.42 Å². The van der Waals surface area contributed by atoms with Crippen LogP contribution in [0.25, 0.3) is 0 Å². The van der Waals surface area contributed by atoms with Crippen LogP contribution in [0.3, 0.4) is 0 Å². The van der Waals surface area contributed by atoms with E-state index < -0.39 is 5.97 Å². The predicted molar refractivity (Wildman–Crippen MR) is 63.9 cm³/mol. The molecule has 0 unspecified atom stereocenters. The molecule has 0 aromatic carbocycles. The topological polar surface area (TPSA) is 69.2 Å². The van der Waals surface area contributed by atoms with Crippen molar-refractivity contribution in [1.82, 2.24) is 5.32 Å². The Morgan fingerprint density at radius 2 is 1.82 bits per heavy atom. The van der Waals surface area contributed by atoms with Crippen molar-refractivity contribution in [2.45, 2.75) is 27.2 Å². The average Bonchev–Trinajstić information content (AvgIpc) is 2.15. The molecule has 0 aliphatic heterocycles. The molecule has 5 heteroatoms. The number of hydrogen-bond donors (Lipinski definition) is 1. The molecule has 1 N–H and O–H groups in total. The summed E-state index contributed by atoms with van der Waals surface area (Å²) in [4.78, 5) is 22.3. The number of rotatable bonds is 7. The molecule has 0 aliphatic rings. The minimum absolute atomic E-state index is 0.00782. The lowest BCUT2D eigenvalue weighted by Crippen LogP contribution is -2.52. The van der Waals surface area contributed by atoms with Gasteiger partial charge in [-0.3, -0.25) is 4.79 Å². The highest BCUT2D eigenvalue weighted by molar-refractivity contribution is 5.81. The van der Waals surface area contributed by atoms with Gasteiger partial charge in [0.15, 0.2) is 0 Å². The first kappa shape index (κ1) is 15.9. The van der Waals surface area contributed by atoms with E-state index in [2.05, 4.69) is 5.32 Å². The molecule has 0 saturated carbocycles. The molecule has 0 rings (SSSR count). The third-order valence-electron chi connectivity index (χ3n) is 3.06. The third-order valence-corrected chi connectivity index (χ3v) is 3.06. The van der Waals surface area contributed by atoms with Gasteiger partial charge in [-0.1, -0.05) is 20.8 Å². The number of amides is 1. The van der Waals surface area contributed by atoms with E-state index in [4.69, 9.17) is 0 Å².